The Morgan fingerprint density at radius 3 is 2.53 bits per heavy atom. The van der Waals surface area contributed by atoms with Crippen molar-refractivity contribution < 1.29 is 26.9 Å². The third-order valence-corrected chi connectivity index (χ3v) is 6.49. The fraction of sp³-hybridized carbons (Fsp3) is 0.200. The molecule has 0 bridgehead atoms. The van der Waals surface area contributed by atoms with Crippen molar-refractivity contribution >= 4 is 21.6 Å². The maximum atomic E-state index is 14.3. The Hall–Kier alpha value is -3.08. The SMILES string of the molecule is O=C(Nc1ccc(F)c(S(=O)(=O)N2CCOCC2)c1)c1cc(-c2ccccc2)no1. The van der Waals surface area contributed by atoms with E-state index in [9.17, 15) is 17.6 Å². The van der Waals surface area contributed by atoms with Gasteiger partial charge < -0.3 is 14.6 Å². The van der Waals surface area contributed by atoms with Crippen molar-refractivity contribution in [3.63, 3.8) is 0 Å². The van der Waals surface area contributed by atoms with Crippen LogP contribution in [0.5, 0.6) is 0 Å². The zero-order chi connectivity index (χ0) is 21.1. The minimum atomic E-state index is -4.06. The number of carbonyl (C=O) groups excluding carboxylic acids is 1. The lowest BCUT2D eigenvalue weighted by atomic mass is 10.1. The lowest BCUT2D eigenvalue weighted by molar-refractivity contribution is 0.0729. The van der Waals surface area contributed by atoms with Crippen LogP contribution < -0.4 is 5.32 Å². The number of sulfonamides is 1. The Kier molecular flexibility index (Phi) is 5.62. The smallest absolute Gasteiger partial charge is 0.294 e. The molecule has 1 amide bonds. The van der Waals surface area contributed by atoms with Crippen molar-refractivity contribution in [1.82, 2.24) is 9.46 Å². The summed E-state index contributed by atoms with van der Waals surface area (Å²) in [5.41, 5.74) is 1.38. The second-order valence-corrected chi connectivity index (χ2v) is 8.46. The fourth-order valence-electron chi connectivity index (χ4n) is 3.02. The van der Waals surface area contributed by atoms with Crippen LogP contribution in [0.4, 0.5) is 10.1 Å². The number of ether oxygens (including phenoxy) is 1. The van der Waals surface area contributed by atoms with E-state index >= 15 is 0 Å². The second kappa shape index (κ2) is 8.34. The van der Waals surface area contributed by atoms with Gasteiger partial charge in [-0.3, -0.25) is 4.79 Å². The largest absolute Gasteiger partial charge is 0.379 e. The highest BCUT2D eigenvalue weighted by Gasteiger charge is 2.29. The highest BCUT2D eigenvalue weighted by atomic mass is 32.2. The predicted octanol–water partition coefficient (Wildman–Crippen LogP) is 2.75. The van der Waals surface area contributed by atoms with E-state index in [1.54, 1.807) is 0 Å². The number of hydrogen-bond acceptors (Lipinski definition) is 6. The summed E-state index contributed by atoms with van der Waals surface area (Å²) in [6, 6.07) is 14.0. The van der Waals surface area contributed by atoms with Gasteiger partial charge in [-0.2, -0.15) is 4.31 Å². The molecule has 0 aliphatic carbocycles. The number of nitrogens with zero attached hydrogens (tertiary/aromatic N) is 2. The van der Waals surface area contributed by atoms with Crippen molar-refractivity contribution in [3.05, 3.63) is 66.2 Å². The van der Waals surface area contributed by atoms with Crippen LogP contribution in [0.25, 0.3) is 11.3 Å². The lowest BCUT2D eigenvalue weighted by Crippen LogP contribution is -2.40. The van der Waals surface area contributed by atoms with E-state index in [-0.39, 0.29) is 37.8 Å². The summed E-state index contributed by atoms with van der Waals surface area (Å²) < 4.78 is 51.2. The van der Waals surface area contributed by atoms with Crippen LogP contribution in [0, 0.1) is 5.82 Å². The van der Waals surface area contributed by atoms with Gasteiger partial charge in [-0.25, -0.2) is 12.8 Å². The molecule has 10 heteroatoms. The average Bonchev–Trinajstić information content (AvgIpc) is 3.27. The van der Waals surface area contributed by atoms with Crippen LogP contribution in [0.3, 0.4) is 0 Å². The number of morpholine rings is 1. The van der Waals surface area contributed by atoms with Crippen molar-refractivity contribution in [2.45, 2.75) is 4.90 Å². The first-order chi connectivity index (χ1) is 14.4. The van der Waals surface area contributed by atoms with Gasteiger partial charge in [0.05, 0.1) is 13.2 Å². The van der Waals surface area contributed by atoms with Crippen LogP contribution in [0.2, 0.25) is 0 Å². The molecule has 156 valence electrons. The van der Waals surface area contributed by atoms with Crippen LogP contribution in [-0.2, 0) is 14.8 Å². The van der Waals surface area contributed by atoms with Crippen molar-refractivity contribution in [2.24, 2.45) is 0 Å². The standard InChI is InChI=1S/C20H18FN3O5S/c21-16-7-6-15(12-19(16)30(26,27)24-8-10-28-11-9-24)22-20(25)18-13-17(23-29-18)14-4-2-1-3-5-14/h1-7,12-13H,8-11H2,(H,22,25). The third-order valence-electron chi connectivity index (χ3n) is 4.58. The van der Waals surface area contributed by atoms with Gasteiger partial charge in [-0.1, -0.05) is 35.5 Å². The fourth-order valence-corrected chi connectivity index (χ4v) is 4.52. The number of hydrogen-bond donors (Lipinski definition) is 1. The molecular formula is C20H18FN3O5S. The number of aromatic nitrogens is 1. The number of carbonyl (C=O) groups is 1. The Morgan fingerprint density at radius 2 is 1.80 bits per heavy atom. The Balaban J connectivity index is 1.55. The summed E-state index contributed by atoms with van der Waals surface area (Å²) in [4.78, 5) is 12.0. The molecule has 2 heterocycles. The van der Waals surface area contributed by atoms with Gasteiger partial charge >= 0.3 is 0 Å². The molecule has 1 saturated heterocycles. The summed E-state index contributed by atoms with van der Waals surface area (Å²) in [7, 11) is -4.06. The minimum Gasteiger partial charge on any atom is -0.379 e. The molecule has 0 atom stereocenters. The molecule has 4 rings (SSSR count). The summed E-state index contributed by atoms with van der Waals surface area (Å²) in [5.74, 6) is -1.59. The van der Waals surface area contributed by atoms with E-state index < -0.39 is 26.6 Å². The normalized spacial score (nSPS) is 15.1. The Bertz CT molecular complexity index is 1160. The topological polar surface area (TPSA) is 102 Å². The number of halogens is 1. The zero-order valence-electron chi connectivity index (χ0n) is 15.7. The number of nitrogens with one attached hydrogen (secondary N) is 1. The van der Waals surface area contributed by atoms with E-state index in [0.29, 0.717) is 5.69 Å². The predicted molar refractivity (Wildman–Crippen MR) is 106 cm³/mol. The monoisotopic (exact) mass is 431 g/mol. The number of anilines is 1. The van der Waals surface area contributed by atoms with Crippen LogP contribution in [-0.4, -0.2) is 50.1 Å². The van der Waals surface area contributed by atoms with Crippen molar-refractivity contribution in [1.29, 1.82) is 0 Å². The molecule has 1 aliphatic heterocycles. The number of amides is 1. The first-order valence-corrected chi connectivity index (χ1v) is 10.6. The molecule has 1 aliphatic rings. The highest BCUT2D eigenvalue weighted by Crippen LogP contribution is 2.25. The number of benzene rings is 2. The number of rotatable bonds is 5. The molecule has 0 unspecified atom stereocenters. The molecule has 0 saturated carbocycles. The van der Waals surface area contributed by atoms with Crippen molar-refractivity contribution in [2.75, 3.05) is 31.6 Å². The average molecular weight is 431 g/mol. The van der Waals surface area contributed by atoms with Gasteiger partial charge in [0.1, 0.15) is 16.4 Å². The van der Waals surface area contributed by atoms with E-state index in [1.165, 1.54) is 12.1 Å². The van der Waals surface area contributed by atoms with Crippen LogP contribution in [0.15, 0.2) is 64.0 Å². The molecule has 3 aromatic rings. The van der Waals surface area contributed by atoms with E-state index in [4.69, 9.17) is 9.26 Å². The van der Waals surface area contributed by atoms with Gasteiger partial charge in [0, 0.05) is 30.4 Å². The maximum Gasteiger partial charge on any atom is 0.294 e. The Morgan fingerprint density at radius 1 is 1.07 bits per heavy atom. The van der Waals surface area contributed by atoms with Gasteiger partial charge in [-0.15, -0.1) is 0 Å². The molecule has 1 N–H and O–H groups in total. The van der Waals surface area contributed by atoms with E-state index in [0.717, 1.165) is 22.0 Å². The molecule has 8 nitrogen and oxygen atoms in total. The third kappa shape index (κ3) is 4.11. The summed E-state index contributed by atoms with van der Waals surface area (Å²) in [6.07, 6.45) is 0. The first-order valence-electron chi connectivity index (χ1n) is 9.16. The second-order valence-electron chi connectivity index (χ2n) is 6.56. The lowest BCUT2D eigenvalue weighted by Gasteiger charge is -2.26. The molecule has 0 radical (unpaired) electrons. The van der Waals surface area contributed by atoms with Gasteiger partial charge in [0.2, 0.25) is 15.8 Å². The zero-order valence-corrected chi connectivity index (χ0v) is 16.6. The summed E-state index contributed by atoms with van der Waals surface area (Å²) >= 11 is 0. The Labute approximate surface area is 172 Å². The maximum absolute atomic E-state index is 14.3. The molecule has 1 fully saturated rings. The van der Waals surface area contributed by atoms with Gasteiger partial charge in [0.25, 0.3) is 5.91 Å². The molecule has 0 spiro atoms. The molecule has 1 aromatic heterocycles. The molecular weight excluding hydrogens is 413 g/mol. The summed E-state index contributed by atoms with van der Waals surface area (Å²) in [5, 5.41) is 6.39. The van der Waals surface area contributed by atoms with Crippen LogP contribution in [0.1, 0.15) is 10.6 Å². The van der Waals surface area contributed by atoms with E-state index in [1.807, 2.05) is 30.3 Å². The quantitative estimate of drug-likeness (QED) is 0.667. The molecule has 2 aromatic carbocycles. The summed E-state index contributed by atoms with van der Waals surface area (Å²) in [6.45, 7) is 0.760. The van der Waals surface area contributed by atoms with Crippen molar-refractivity contribution in [3.8, 4) is 11.3 Å². The van der Waals surface area contributed by atoms with E-state index in [2.05, 4.69) is 10.5 Å². The minimum absolute atomic E-state index is 0.0595. The first kappa shape index (κ1) is 20.2. The highest BCUT2D eigenvalue weighted by molar-refractivity contribution is 7.89. The van der Waals surface area contributed by atoms with Crippen LogP contribution >= 0.6 is 0 Å². The van der Waals surface area contributed by atoms with Gasteiger partial charge in [0.15, 0.2) is 0 Å². The molecule has 30 heavy (non-hydrogen) atoms. The van der Waals surface area contributed by atoms with Gasteiger partial charge in [-0.05, 0) is 18.2 Å².